The number of hydrogen-bond donors (Lipinski definition) is 1. The van der Waals surface area contributed by atoms with Crippen molar-refractivity contribution in [1.29, 1.82) is 0 Å². The van der Waals surface area contributed by atoms with Gasteiger partial charge in [-0.05, 0) is 13.8 Å². The minimum atomic E-state index is -1.52. The lowest BCUT2D eigenvalue weighted by Crippen LogP contribution is -2.40. The van der Waals surface area contributed by atoms with E-state index in [2.05, 4.69) is 15.0 Å². The standard InChI is InChI=1S/C12H18N5O4P/c1-4-20-11(12(19-3,22-18)21-5-2)17-7-16-8-9(13)14-6-15-10(8)17/h6-7,11H,4-5H2,1-3H3,(H2,13,14,15). The van der Waals surface area contributed by atoms with E-state index in [0.29, 0.717) is 17.8 Å². The fourth-order valence-corrected chi connectivity index (χ4v) is 2.65. The molecule has 120 valence electrons. The van der Waals surface area contributed by atoms with Crippen LogP contribution in [0.3, 0.4) is 0 Å². The van der Waals surface area contributed by atoms with E-state index in [1.807, 2.05) is 6.92 Å². The van der Waals surface area contributed by atoms with Gasteiger partial charge in [-0.25, -0.2) is 15.0 Å². The van der Waals surface area contributed by atoms with Gasteiger partial charge in [0.05, 0.1) is 6.33 Å². The minimum Gasteiger partial charge on any atom is -0.382 e. The van der Waals surface area contributed by atoms with Gasteiger partial charge in [0.2, 0.25) is 14.7 Å². The van der Waals surface area contributed by atoms with Crippen LogP contribution in [0.2, 0.25) is 0 Å². The molecule has 2 heterocycles. The van der Waals surface area contributed by atoms with Crippen LogP contribution in [-0.4, -0.2) is 45.4 Å². The molecule has 0 aliphatic rings. The Labute approximate surface area is 129 Å². The quantitative estimate of drug-likeness (QED) is 0.574. The van der Waals surface area contributed by atoms with Gasteiger partial charge >= 0.3 is 0 Å². The molecule has 2 rings (SSSR count). The van der Waals surface area contributed by atoms with Gasteiger partial charge in [0.25, 0.3) is 5.53 Å². The lowest BCUT2D eigenvalue weighted by molar-refractivity contribution is -0.244. The van der Waals surface area contributed by atoms with Crippen molar-refractivity contribution in [2.75, 3.05) is 26.1 Å². The van der Waals surface area contributed by atoms with Gasteiger partial charge in [-0.2, -0.15) is 0 Å². The molecule has 0 radical (unpaired) electrons. The van der Waals surface area contributed by atoms with E-state index >= 15 is 0 Å². The van der Waals surface area contributed by atoms with Crippen molar-refractivity contribution in [1.82, 2.24) is 19.5 Å². The topological polar surface area (TPSA) is 114 Å². The number of nitrogens with zero attached hydrogens (tertiary/aromatic N) is 4. The Bertz CT molecular complexity index is 651. The molecule has 0 bridgehead atoms. The summed E-state index contributed by atoms with van der Waals surface area (Å²) in [6, 6.07) is 0. The molecule has 0 aliphatic heterocycles. The van der Waals surface area contributed by atoms with Gasteiger partial charge in [-0.15, -0.1) is 0 Å². The number of rotatable bonds is 8. The van der Waals surface area contributed by atoms with E-state index in [1.165, 1.54) is 19.8 Å². The molecular weight excluding hydrogens is 309 g/mol. The van der Waals surface area contributed by atoms with Crippen LogP contribution in [0, 0.1) is 0 Å². The molecule has 0 saturated heterocycles. The number of methoxy groups -OCH3 is 1. The fourth-order valence-electron chi connectivity index (χ4n) is 2.11. The molecule has 2 unspecified atom stereocenters. The number of anilines is 1. The zero-order valence-electron chi connectivity index (χ0n) is 12.6. The van der Waals surface area contributed by atoms with Gasteiger partial charge in [0.15, 0.2) is 11.5 Å². The number of aromatic nitrogens is 4. The number of nitrogen functional groups attached to an aromatic ring is 1. The second kappa shape index (κ2) is 7.06. The Balaban J connectivity index is 2.58. The second-order valence-corrected chi connectivity index (χ2v) is 5.06. The second-order valence-electron chi connectivity index (χ2n) is 4.25. The van der Waals surface area contributed by atoms with Crippen molar-refractivity contribution in [3.8, 4) is 0 Å². The maximum Gasteiger partial charge on any atom is 0.298 e. The Morgan fingerprint density at radius 1 is 1.36 bits per heavy atom. The molecule has 0 amide bonds. The van der Waals surface area contributed by atoms with E-state index in [4.69, 9.17) is 19.9 Å². The molecule has 22 heavy (non-hydrogen) atoms. The van der Waals surface area contributed by atoms with E-state index < -0.39 is 11.8 Å². The van der Waals surface area contributed by atoms with Gasteiger partial charge in [-0.1, -0.05) is 0 Å². The summed E-state index contributed by atoms with van der Waals surface area (Å²) < 4.78 is 29.9. The first kappa shape index (κ1) is 16.7. The average molecular weight is 327 g/mol. The summed E-state index contributed by atoms with van der Waals surface area (Å²) in [5, 5.41) is 0. The summed E-state index contributed by atoms with van der Waals surface area (Å²) in [7, 11) is 1.02. The summed E-state index contributed by atoms with van der Waals surface area (Å²) in [5.41, 5.74) is 5.13. The molecule has 0 aliphatic carbocycles. The molecule has 10 heteroatoms. The van der Waals surface area contributed by atoms with Crippen LogP contribution in [0.4, 0.5) is 5.82 Å². The van der Waals surface area contributed by atoms with Gasteiger partial charge < -0.3 is 19.9 Å². The summed E-state index contributed by atoms with van der Waals surface area (Å²) in [5.74, 6) is 0.248. The van der Waals surface area contributed by atoms with Crippen LogP contribution in [0.15, 0.2) is 12.7 Å². The number of ether oxygens (including phenoxy) is 3. The highest BCUT2D eigenvalue weighted by Crippen LogP contribution is 2.39. The third kappa shape index (κ3) is 2.80. The minimum absolute atomic E-state index is 0.248. The van der Waals surface area contributed by atoms with Crippen LogP contribution in [0.1, 0.15) is 20.1 Å². The Morgan fingerprint density at radius 2 is 2.14 bits per heavy atom. The van der Waals surface area contributed by atoms with Crippen molar-refractivity contribution in [2.45, 2.75) is 25.6 Å². The molecule has 0 spiro atoms. The molecule has 2 N–H and O–H groups in total. The van der Waals surface area contributed by atoms with E-state index in [-0.39, 0.29) is 20.9 Å². The molecule has 0 fully saturated rings. The van der Waals surface area contributed by atoms with Crippen LogP contribution in [-0.2, 0) is 18.8 Å². The van der Waals surface area contributed by atoms with Gasteiger partial charge in [0.1, 0.15) is 11.8 Å². The zero-order valence-corrected chi connectivity index (χ0v) is 13.5. The van der Waals surface area contributed by atoms with Gasteiger partial charge in [0, 0.05) is 20.3 Å². The van der Waals surface area contributed by atoms with Gasteiger partial charge in [-0.3, -0.25) is 9.13 Å². The van der Waals surface area contributed by atoms with Crippen molar-refractivity contribution in [3.05, 3.63) is 12.7 Å². The highest BCUT2D eigenvalue weighted by molar-refractivity contribution is 7.25. The van der Waals surface area contributed by atoms with E-state index in [0.717, 1.165) is 0 Å². The first-order valence-corrected chi connectivity index (χ1v) is 7.53. The summed E-state index contributed by atoms with van der Waals surface area (Å²) >= 11 is 0. The van der Waals surface area contributed by atoms with Crippen LogP contribution >= 0.6 is 8.46 Å². The predicted molar refractivity (Wildman–Crippen MR) is 79.4 cm³/mol. The van der Waals surface area contributed by atoms with Crippen molar-refractivity contribution >= 4 is 25.4 Å². The molecule has 0 saturated carbocycles. The Hall–Kier alpha value is -1.67. The maximum atomic E-state index is 11.7. The van der Waals surface area contributed by atoms with Crippen molar-refractivity contribution < 1.29 is 18.8 Å². The number of nitrogens with two attached hydrogens (primary N) is 1. The average Bonchev–Trinajstić information content (AvgIpc) is 2.96. The Kier molecular flexibility index (Phi) is 5.36. The van der Waals surface area contributed by atoms with E-state index in [9.17, 15) is 4.57 Å². The molecule has 0 aromatic carbocycles. The lowest BCUT2D eigenvalue weighted by Gasteiger charge is -2.33. The SMILES string of the molecule is CCOC(n1cnc2c(N)ncnc21)C(OC)(OCC)P=O. The largest absolute Gasteiger partial charge is 0.382 e. The number of fused-ring (bicyclic) bond motifs is 1. The van der Waals surface area contributed by atoms with Crippen LogP contribution < -0.4 is 5.73 Å². The highest BCUT2D eigenvalue weighted by Gasteiger charge is 2.45. The third-order valence-electron chi connectivity index (χ3n) is 3.05. The van der Waals surface area contributed by atoms with Crippen molar-refractivity contribution in [2.24, 2.45) is 0 Å². The molecule has 9 nitrogen and oxygen atoms in total. The third-order valence-corrected chi connectivity index (χ3v) is 3.83. The fraction of sp³-hybridized carbons (Fsp3) is 0.583. The molecule has 2 aromatic rings. The highest BCUT2D eigenvalue weighted by atomic mass is 31.1. The summed E-state index contributed by atoms with van der Waals surface area (Å²) in [6.45, 7) is 4.21. The normalized spacial score (nSPS) is 16.0. The predicted octanol–water partition coefficient (Wildman–Crippen LogP) is 1.57. The first-order chi connectivity index (χ1) is 10.6. The monoisotopic (exact) mass is 327 g/mol. The lowest BCUT2D eigenvalue weighted by atomic mass is 10.4. The summed E-state index contributed by atoms with van der Waals surface area (Å²) in [6.07, 6.45) is 1.94. The number of imidazole rings is 1. The molecular formula is C12H18N5O4P. The van der Waals surface area contributed by atoms with E-state index in [1.54, 1.807) is 11.5 Å². The number of hydrogen-bond acceptors (Lipinski definition) is 8. The molecule has 2 atom stereocenters. The molecule has 2 aromatic heterocycles. The van der Waals surface area contributed by atoms with Crippen LogP contribution in [0.25, 0.3) is 11.2 Å². The smallest absolute Gasteiger partial charge is 0.298 e. The zero-order chi connectivity index (χ0) is 16.2. The van der Waals surface area contributed by atoms with Crippen molar-refractivity contribution in [3.63, 3.8) is 0 Å². The Morgan fingerprint density at radius 3 is 2.73 bits per heavy atom. The van der Waals surface area contributed by atoms with Crippen LogP contribution in [0.5, 0.6) is 0 Å². The summed E-state index contributed by atoms with van der Waals surface area (Å²) in [4.78, 5) is 12.2. The first-order valence-electron chi connectivity index (χ1n) is 6.71. The maximum absolute atomic E-state index is 11.7.